The van der Waals surface area contributed by atoms with Gasteiger partial charge in [0.05, 0.1) is 25.4 Å². The number of primary amides is 1. The predicted octanol–water partition coefficient (Wildman–Crippen LogP) is -2.19. The van der Waals surface area contributed by atoms with Crippen LogP contribution in [0.25, 0.3) is 0 Å². The Hall–Kier alpha value is -0.830. The van der Waals surface area contributed by atoms with Gasteiger partial charge in [-0.2, -0.15) is 11.8 Å². The molecule has 0 unspecified atom stereocenters. The molecule has 8 heteroatoms. The van der Waals surface area contributed by atoms with Crippen LogP contribution in [-0.2, 0) is 9.59 Å². The first kappa shape index (κ1) is 18.2. The normalized spacial score (nSPS) is 10.7. The van der Waals surface area contributed by atoms with Crippen LogP contribution in [0.1, 0.15) is 0 Å². The molecule has 0 aromatic heterocycles. The molecule has 0 atom stereocenters. The van der Waals surface area contributed by atoms with Crippen molar-refractivity contribution >= 4 is 23.6 Å². The first-order valence-electron chi connectivity index (χ1n) is 6.01. The average molecular weight is 292 g/mol. The van der Waals surface area contributed by atoms with Gasteiger partial charge in [0, 0.05) is 31.9 Å². The number of nitrogens with two attached hydrogens (primary N) is 1. The molecule has 0 aliphatic heterocycles. The number of aliphatic hydroxyl groups excluding tert-OH is 2. The molecule has 0 spiro atoms. The van der Waals surface area contributed by atoms with Crippen molar-refractivity contribution in [3.63, 3.8) is 0 Å². The second-order valence-electron chi connectivity index (χ2n) is 3.76. The third kappa shape index (κ3) is 12.0. The van der Waals surface area contributed by atoms with Crippen LogP contribution in [0.3, 0.4) is 0 Å². The number of nitrogens with one attached hydrogen (secondary N) is 1. The van der Waals surface area contributed by atoms with Crippen LogP contribution in [0.15, 0.2) is 0 Å². The van der Waals surface area contributed by atoms with E-state index in [-0.39, 0.29) is 24.9 Å². The van der Waals surface area contributed by atoms with Gasteiger partial charge < -0.3 is 21.3 Å². The molecule has 0 fully saturated rings. The number of rotatable bonds is 12. The van der Waals surface area contributed by atoms with Crippen molar-refractivity contribution in [2.75, 3.05) is 50.9 Å². The average Bonchev–Trinajstić information content (AvgIpc) is 2.35. The smallest absolute Gasteiger partial charge is 0.230 e. The van der Waals surface area contributed by atoms with E-state index in [0.29, 0.717) is 31.9 Å². The van der Waals surface area contributed by atoms with Gasteiger partial charge in [-0.15, -0.1) is 0 Å². The molecule has 0 rings (SSSR count). The molecule has 0 saturated carbocycles. The van der Waals surface area contributed by atoms with E-state index in [1.54, 1.807) is 0 Å². The van der Waals surface area contributed by atoms with Crippen molar-refractivity contribution in [1.82, 2.24) is 10.2 Å². The third-order valence-corrected chi connectivity index (χ3v) is 3.09. The van der Waals surface area contributed by atoms with Crippen LogP contribution in [-0.4, -0.2) is 77.8 Å². The highest BCUT2D eigenvalue weighted by atomic mass is 32.2. The maximum Gasteiger partial charge on any atom is 0.230 e. The summed E-state index contributed by atoms with van der Waals surface area (Å²) in [6, 6.07) is 0. The van der Waals surface area contributed by atoms with E-state index in [2.05, 4.69) is 5.32 Å². The maximum atomic E-state index is 11.4. The summed E-state index contributed by atoms with van der Waals surface area (Å²) >= 11 is 1.31. The van der Waals surface area contributed by atoms with E-state index in [1.165, 1.54) is 18.2 Å². The van der Waals surface area contributed by atoms with Crippen LogP contribution in [0.2, 0.25) is 0 Å². The van der Waals surface area contributed by atoms with Crippen molar-refractivity contribution in [2.45, 2.75) is 0 Å². The highest BCUT2D eigenvalue weighted by Crippen LogP contribution is 2.00. The Balaban J connectivity index is 3.57. The largest absolute Gasteiger partial charge is 0.395 e. The standard InChI is InChI=1S/C11H22N3O4S/c12-10(17)1-8-19-9-11(18)13-2-3-14(4-6-15)5-7-16/h1,15-16H,2-9H2,(H2,12,17)(H,13,18). The zero-order valence-corrected chi connectivity index (χ0v) is 11.7. The molecular weight excluding hydrogens is 270 g/mol. The van der Waals surface area contributed by atoms with Crippen LogP contribution < -0.4 is 11.1 Å². The molecule has 0 heterocycles. The van der Waals surface area contributed by atoms with Gasteiger partial charge in [0.2, 0.25) is 11.8 Å². The van der Waals surface area contributed by atoms with Crippen molar-refractivity contribution in [2.24, 2.45) is 5.73 Å². The van der Waals surface area contributed by atoms with E-state index >= 15 is 0 Å². The quantitative estimate of drug-likeness (QED) is 0.304. The van der Waals surface area contributed by atoms with Gasteiger partial charge in [-0.3, -0.25) is 14.5 Å². The molecule has 0 aliphatic carbocycles. The Morgan fingerprint density at radius 1 is 1.21 bits per heavy atom. The summed E-state index contributed by atoms with van der Waals surface area (Å²) in [6.07, 6.45) is 1.32. The van der Waals surface area contributed by atoms with Gasteiger partial charge in [-0.25, -0.2) is 0 Å². The predicted molar refractivity (Wildman–Crippen MR) is 74.4 cm³/mol. The molecule has 1 radical (unpaired) electrons. The van der Waals surface area contributed by atoms with Gasteiger partial charge in [0.15, 0.2) is 0 Å². The van der Waals surface area contributed by atoms with Crippen LogP contribution in [0, 0.1) is 6.42 Å². The molecule has 0 aromatic carbocycles. The Labute approximate surface area is 117 Å². The summed E-state index contributed by atoms with van der Waals surface area (Å²) in [5.74, 6) is 0.0839. The van der Waals surface area contributed by atoms with Crippen LogP contribution in [0.4, 0.5) is 0 Å². The minimum atomic E-state index is -0.489. The fourth-order valence-corrected chi connectivity index (χ4v) is 2.00. The SMILES string of the molecule is NC(=O)[CH]CSCC(=O)NCCN(CCO)CCO. The van der Waals surface area contributed by atoms with Crippen molar-refractivity contribution in [3.05, 3.63) is 6.42 Å². The Morgan fingerprint density at radius 3 is 2.37 bits per heavy atom. The molecule has 0 aromatic rings. The summed E-state index contributed by atoms with van der Waals surface area (Å²) in [4.78, 5) is 23.7. The topological polar surface area (TPSA) is 116 Å². The first-order valence-corrected chi connectivity index (χ1v) is 7.16. The number of hydrogen-bond acceptors (Lipinski definition) is 6. The maximum absolute atomic E-state index is 11.4. The summed E-state index contributed by atoms with van der Waals surface area (Å²) in [6.45, 7) is 2.01. The molecule has 19 heavy (non-hydrogen) atoms. The lowest BCUT2D eigenvalue weighted by Crippen LogP contribution is -2.38. The number of carbonyl (C=O) groups is 2. The minimum absolute atomic E-state index is 0.0206. The molecular formula is C11H22N3O4S. The molecule has 0 saturated heterocycles. The second-order valence-corrected chi connectivity index (χ2v) is 4.79. The molecule has 0 bridgehead atoms. The molecule has 0 aliphatic rings. The number of amides is 2. The second kappa shape index (κ2) is 12.2. The minimum Gasteiger partial charge on any atom is -0.395 e. The van der Waals surface area contributed by atoms with Gasteiger partial charge in [-0.1, -0.05) is 0 Å². The Morgan fingerprint density at radius 2 is 1.84 bits per heavy atom. The lowest BCUT2D eigenvalue weighted by atomic mass is 10.4. The van der Waals surface area contributed by atoms with E-state index in [0.717, 1.165) is 0 Å². The van der Waals surface area contributed by atoms with Crippen LogP contribution in [0.5, 0.6) is 0 Å². The zero-order chi connectivity index (χ0) is 14.5. The van der Waals surface area contributed by atoms with E-state index in [1.807, 2.05) is 4.90 Å². The number of aliphatic hydroxyl groups is 2. The van der Waals surface area contributed by atoms with E-state index in [4.69, 9.17) is 15.9 Å². The summed E-state index contributed by atoms with van der Waals surface area (Å²) in [5, 5.41) is 20.3. The van der Waals surface area contributed by atoms with Gasteiger partial charge >= 0.3 is 0 Å². The van der Waals surface area contributed by atoms with Gasteiger partial charge in [0.25, 0.3) is 0 Å². The fraction of sp³-hybridized carbons (Fsp3) is 0.727. The lowest BCUT2D eigenvalue weighted by Gasteiger charge is -2.20. The third-order valence-electron chi connectivity index (χ3n) is 2.22. The molecule has 7 nitrogen and oxygen atoms in total. The number of carbonyl (C=O) groups excluding carboxylic acids is 2. The van der Waals surface area contributed by atoms with Gasteiger partial charge in [-0.05, 0) is 0 Å². The van der Waals surface area contributed by atoms with Crippen LogP contribution >= 0.6 is 11.8 Å². The van der Waals surface area contributed by atoms with E-state index < -0.39 is 5.91 Å². The Kier molecular flexibility index (Phi) is 11.7. The zero-order valence-electron chi connectivity index (χ0n) is 10.9. The van der Waals surface area contributed by atoms with Gasteiger partial charge in [0.1, 0.15) is 0 Å². The van der Waals surface area contributed by atoms with E-state index in [9.17, 15) is 9.59 Å². The summed E-state index contributed by atoms with van der Waals surface area (Å²) in [5.41, 5.74) is 4.93. The number of nitrogens with zero attached hydrogens (tertiary/aromatic N) is 1. The lowest BCUT2D eigenvalue weighted by molar-refractivity contribution is -0.118. The summed E-state index contributed by atoms with van der Waals surface area (Å²) < 4.78 is 0. The Bertz CT molecular complexity index is 260. The summed E-state index contributed by atoms with van der Waals surface area (Å²) in [7, 11) is 0. The fourth-order valence-electron chi connectivity index (χ4n) is 1.32. The highest BCUT2D eigenvalue weighted by Gasteiger charge is 2.05. The van der Waals surface area contributed by atoms with Crippen molar-refractivity contribution in [3.8, 4) is 0 Å². The molecule has 111 valence electrons. The molecule has 2 amide bonds. The monoisotopic (exact) mass is 292 g/mol. The first-order chi connectivity index (χ1) is 9.10. The number of hydrogen-bond donors (Lipinski definition) is 4. The molecule has 5 N–H and O–H groups in total. The van der Waals surface area contributed by atoms with Crippen molar-refractivity contribution < 1.29 is 19.8 Å². The highest BCUT2D eigenvalue weighted by molar-refractivity contribution is 8.00. The number of thioether (sulfide) groups is 1. The van der Waals surface area contributed by atoms with Crippen molar-refractivity contribution in [1.29, 1.82) is 0 Å².